The van der Waals surface area contributed by atoms with Crippen molar-refractivity contribution in [2.24, 2.45) is 0 Å². The smallest absolute Gasteiger partial charge is 0.294 e. The second kappa shape index (κ2) is 6.55. The highest BCUT2D eigenvalue weighted by Gasteiger charge is 2.21. The number of anilines is 2. The quantitative estimate of drug-likeness (QED) is 0.229. The summed E-state index contributed by atoms with van der Waals surface area (Å²) in [6.45, 7) is 0. The van der Waals surface area contributed by atoms with Gasteiger partial charge in [-0.1, -0.05) is 36.4 Å². The molecule has 9 heteroatoms. The number of nitro benzene ring substituents is 1. The number of benzene rings is 3. The third kappa shape index (κ3) is 3.13. The average molecular weight is 395 g/mol. The molecule has 0 atom stereocenters. The number of nitrogens with zero attached hydrogens (tertiary/aromatic N) is 2. The van der Waals surface area contributed by atoms with Crippen molar-refractivity contribution < 1.29 is 17.9 Å². The predicted molar refractivity (Wildman–Crippen MR) is 105 cm³/mol. The lowest BCUT2D eigenvalue weighted by atomic mass is 10.1. The van der Waals surface area contributed by atoms with Crippen molar-refractivity contribution in [3.8, 4) is 0 Å². The standard InChI is InChI=1S/C19H13N3O5S/c23-22(24)18-11-12(28(25,26)27)9-10-17(18)21-19-13-5-1-3-7-15(13)20-16-8-4-2-6-14(16)19/h1-11H,(H,20,21)(H,25,26,27). The SMILES string of the molecule is O=[N+]([O-])c1cc(S(=O)(=O)O)ccc1Nc1c2ccccc2nc2ccccc12. The highest BCUT2D eigenvalue weighted by atomic mass is 32.2. The lowest BCUT2D eigenvalue weighted by Gasteiger charge is -2.13. The summed E-state index contributed by atoms with van der Waals surface area (Å²) in [5.74, 6) is 0. The molecule has 0 radical (unpaired) electrons. The van der Waals surface area contributed by atoms with Gasteiger partial charge in [-0.25, -0.2) is 4.98 Å². The van der Waals surface area contributed by atoms with Crippen LogP contribution in [0.1, 0.15) is 0 Å². The second-order valence-electron chi connectivity index (χ2n) is 6.06. The molecule has 0 aliphatic rings. The van der Waals surface area contributed by atoms with E-state index in [0.29, 0.717) is 16.7 Å². The minimum absolute atomic E-state index is 0.0962. The molecule has 2 N–H and O–H groups in total. The van der Waals surface area contributed by atoms with E-state index in [1.54, 1.807) is 0 Å². The number of nitrogens with one attached hydrogen (secondary N) is 1. The second-order valence-corrected chi connectivity index (χ2v) is 7.48. The molecule has 8 nitrogen and oxygen atoms in total. The maximum Gasteiger partial charge on any atom is 0.294 e. The lowest BCUT2D eigenvalue weighted by molar-refractivity contribution is -0.384. The molecule has 0 aliphatic heterocycles. The summed E-state index contributed by atoms with van der Waals surface area (Å²) in [4.78, 5) is 14.8. The Balaban J connectivity index is 1.96. The summed E-state index contributed by atoms with van der Waals surface area (Å²) in [7, 11) is -4.56. The number of hydrogen-bond donors (Lipinski definition) is 2. The fraction of sp³-hybridized carbons (Fsp3) is 0. The molecular formula is C19H13N3O5S. The summed E-state index contributed by atoms with van der Waals surface area (Å²) in [6.07, 6.45) is 0. The number of para-hydroxylation sites is 2. The first-order valence-corrected chi connectivity index (χ1v) is 9.59. The Bertz CT molecular complexity index is 1300. The summed E-state index contributed by atoms with van der Waals surface area (Å²) in [6, 6.07) is 17.9. The summed E-state index contributed by atoms with van der Waals surface area (Å²) in [5, 5.41) is 16.1. The normalized spacial score (nSPS) is 11.6. The number of aromatic nitrogens is 1. The van der Waals surface area contributed by atoms with Crippen LogP contribution < -0.4 is 5.32 Å². The van der Waals surface area contributed by atoms with Gasteiger partial charge in [0.05, 0.1) is 21.6 Å². The van der Waals surface area contributed by atoms with Crippen molar-refractivity contribution in [2.45, 2.75) is 4.90 Å². The van der Waals surface area contributed by atoms with E-state index in [1.165, 1.54) is 6.07 Å². The molecule has 0 bridgehead atoms. The number of fused-ring (bicyclic) bond motifs is 2. The van der Waals surface area contributed by atoms with Crippen molar-refractivity contribution in [3.63, 3.8) is 0 Å². The van der Waals surface area contributed by atoms with Crippen molar-refractivity contribution in [1.82, 2.24) is 4.98 Å². The molecule has 0 fully saturated rings. The van der Waals surface area contributed by atoms with Crippen LogP contribution >= 0.6 is 0 Å². The van der Waals surface area contributed by atoms with E-state index in [4.69, 9.17) is 0 Å². The molecule has 1 heterocycles. The molecular weight excluding hydrogens is 382 g/mol. The van der Waals surface area contributed by atoms with Gasteiger partial charge in [0.1, 0.15) is 10.6 Å². The maximum absolute atomic E-state index is 11.5. The molecule has 0 unspecified atom stereocenters. The maximum atomic E-state index is 11.5. The van der Waals surface area contributed by atoms with E-state index in [1.807, 2.05) is 48.5 Å². The zero-order valence-electron chi connectivity index (χ0n) is 14.2. The number of nitro groups is 1. The van der Waals surface area contributed by atoms with E-state index >= 15 is 0 Å². The van der Waals surface area contributed by atoms with E-state index in [0.717, 1.165) is 22.9 Å². The van der Waals surface area contributed by atoms with Crippen LogP contribution in [0.15, 0.2) is 71.6 Å². The molecule has 28 heavy (non-hydrogen) atoms. The van der Waals surface area contributed by atoms with Crippen LogP contribution in [0.2, 0.25) is 0 Å². The highest BCUT2D eigenvalue weighted by Crippen LogP contribution is 2.36. The Morgan fingerprint density at radius 1 is 0.929 bits per heavy atom. The summed E-state index contributed by atoms with van der Waals surface area (Å²) < 4.78 is 31.8. The minimum Gasteiger partial charge on any atom is -0.349 e. The van der Waals surface area contributed by atoms with Gasteiger partial charge in [0.15, 0.2) is 0 Å². The van der Waals surface area contributed by atoms with Gasteiger partial charge in [0.2, 0.25) is 0 Å². The van der Waals surface area contributed by atoms with E-state index in [9.17, 15) is 23.1 Å². The topological polar surface area (TPSA) is 122 Å². The summed E-state index contributed by atoms with van der Waals surface area (Å²) in [5.41, 5.74) is 1.66. The molecule has 4 aromatic rings. The summed E-state index contributed by atoms with van der Waals surface area (Å²) >= 11 is 0. The van der Waals surface area contributed by atoms with E-state index < -0.39 is 25.6 Å². The highest BCUT2D eigenvalue weighted by molar-refractivity contribution is 7.85. The fourth-order valence-electron chi connectivity index (χ4n) is 3.04. The molecule has 0 aliphatic carbocycles. The van der Waals surface area contributed by atoms with Gasteiger partial charge in [0.25, 0.3) is 15.8 Å². The number of rotatable bonds is 4. The third-order valence-corrected chi connectivity index (χ3v) is 5.16. The molecule has 0 spiro atoms. The molecule has 1 aromatic heterocycles. The van der Waals surface area contributed by atoms with Crippen LogP contribution in [0.3, 0.4) is 0 Å². The first-order valence-electron chi connectivity index (χ1n) is 8.15. The van der Waals surface area contributed by atoms with Gasteiger partial charge in [-0.3, -0.25) is 14.7 Å². The van der Waals surface area contributed by atoms with Gasteiger partial charge in [0, 0.05) is 16.8 Å². The van der Waals surface area contributed by atoms with Crippen LogP contribution in [-0.2, 0) is 10.1 Å². The van der Waals surface area contributed by atoms with Gasteiger partial charge >= 0.3 is 0 Å². The monoisotopic (exact) mass is 395 g/mol. The Labute approximate surface area is 159 Å². The van der Waals surface area contributed by atoms with Crippen LogP contribution in [0.4, 0.5) is 17.1 Å². The van der Waals surface area contributed by atoms with Crippen LogP contribution in [-0.4, -0.2) is 22.9 Å². The minimum atomic E-state index is -4.56. The van der Waals surface area contributed by atoms with E-state index in [2.05, 4.69) is 10.3 Å². The lowest BCUT2D eigenvalue weighted by Crippen LogP contribution is -2.03. The number of hydrogen-bond acceptors (Lipinski definition) is 6. The van der Waals surface area contributed by atoms with E-state index in [-0.39, 0.29) is 5.69 Å². The Kier molecular flexibility index (Phi) is 4.17. The Hall–Kier alpha value is -3.56. The van der Waals surface area contributed by atoms with Crippen molar-refractivity contribution in [1.29, 1.82) is 0 Å². The third-order valence-electron chi connectivity index (χ3n) is 4.31. The molecule has 0 saturated heterocycles. The van der Waals surface area contributed by atoms with Gasteiger partial charge < -0.3 is 5.32 Å². The Morgan fingerprint density at radius 3 is 2.04 bits per heavy atom. The molecule has 0 saturated carbocycles. The number of pyridine rings is 1. The Morgan fingerprint density at radius 2 is 1.50 bits per heavy atom. The van der Waals surface area contributed by atoms with Gasteiger partial charge in [-0.15, -0.1) is 0 Å². The van der Waals surface area contributed by atoms with Crippen molar-refractivity contribution >= 4 is 49.0 Å². The molecule has 140 valence electrons. The van der Waals surface area contributed by atoms with Crippen LogP contribution in [0.5, 0.6) is 0 Å². The largest absolute Gasteiger partial charge is 0.349 e. The van der Waals surface area contributed by atoms with Crippen LogP contribution in [0.25, 0.3) is 21.8 Å². The first kappa shape index (κ1) is 17.8. The zero-order valence-corrected chi connectivity index (χ0v) is 15.1. The van der Waals surface area contributed by atoms with Gasteiger partial charge in [-0.05, 0) is 24.3 Å². The van der Waals surface area contributed by atoms with Gasteiger partial charge in [-0.2, -0.15) is 8.42 Å². The zero-order chi connectivity index (χ0) is 19.9. The molecule has 4 rings (SSSR count). The van der Waals surface area contributed by atoms with Crippen molar-refractivity contribution in [2.75, 3.05) is 5.32 Å². The molecule has 3 aromatic carbocycles. The predicted octanol–water partition coefficient (Wildman–Crippen LogP) is 4.29. The average Bonchev–Trinajstić information content (AvgIpc) is 2.67. The first-order chi connectivity index (χ1) is 13.3. The molecule has 0 amide bonds. The van der Waals surface area contributed by atoms with Crippen LogP contribution in [0, 0.1) is 10.1 Å². The van der Waals surface area contributed by atoms with Crippen molar-refractivity contribution in [3.05, 3.63) is 76.8 Å². The fourth-order valence-corrected chi connectivity index (χ4v) is 3.54.